The zero-order valence-corrected chi connectivity index (χ0v) is 12.5. The van der Waals surface area contributed by atoms with Crippen LogP contribution in [0.25, 0.3) is 0 Å². The third-order valence-electron chi connectivity index (χ3n) is 3.14. The molecule has 106 valence electrons. The van der Waals surface area contributed by atoms with Crippen molar-refractivity contribution in [3.63, 3.8) is 0 Å². The predicted molar refractivity (Wildman–Crippen MR) is 82.8 cm³/mol. The second kappa shape index (κ2) is 8.76. The maximum atomic E-state index is 5.66. The maximum absolute atomic E-state index is 5.66. The van der Waals surface area contributed by atoms with Gasteiger partial charge in [0.2, 0.25) is 0 Å². The minimum absolute atomic E-state index is 0.580. The van der Waals surface area contributed by atoms with Gasteiger partial charge in [-0.2, -0.15) is 0 Å². The lowest BCUT2D eigenvalue weighted by atomic mass is 10.1. The van der Waals surface area contributed by atoms with Crippen LogP contribution in [0, 0.1) is 0 Å². The molecule has 1 aromatic rings. The zero-order chi connectivity index (χ0) is 14.1. The summed E-state index contributed by atoms with van der Waals surface area (Å²) < 4.78 is 5.66. The summed E-state index contributed by atoms with van der Waals surface area (Å²) in [5, 5.41) is 3.43. The van der Waals surface area contributed by atoms with Crippen LogP contribution in [0.2, 0.25) is 0 Å². The molecule has 0 aliphatic carbocycles. The second-order valence-corrected chi connectivity index (χ2v) is 5.20. The third-order valence-corrected chi connectivity index (χ3v) is 3.14. The average molecular weight is 261 g/mol. The molecular weight excluding hydrogens is 234 g/mol. The minimum Gasteiger partial charge on any atom is -0.493 e. The van der Waals surface area contributed by atoms with E-state index in [0.29, 0.717) is 12.6 Å². The van der Waals surface area contributed by atoms with Crippen LogP contribution in [0.1, 0.15) is 39.2 Å². The number of nitrogens with one attached hydrogen (secondary N) is 1. The normalized spacial score (nSPS) is 12.2. The second-order valence-electron chi connectivity index (χ2n) is 5.20. The van der Waals surface area contributed by atoms with Crippen molar-refractivity contribution >= 4 is 0 Å². The first kappa shape index (κ1) is 15.8. The van der Waals surface area contributed by atoms with Crippen LogP contribution in [-0.4, -0.2) is 19.2 Å². The largest absolute Gasteiger partial charge is 0.493 e. The molecule has 0 radical (unpaired) electrons. The van der Waals surface area contributed by atoms with E-state index in [1.165, 1.54) is 12.0 Å². The summed E-state index contributed by atoms with van der Waals surface area (Å²) in [6.07, 6.45) is 3.20. The molecule has 2 nitrogen and oxygen atoms in total. The molecule has 0 heterocycles. The highest BCUT2D eigenvalue weighted by Crippen LogP contribution is 2.14. The highest BCUT2D eigenvalue weighted by Gasteiger charge is 2.01. The molecule has 0 aliphatic rings. The van der Waals surface area contributed by atoms with Crippen molar-refractivity contribution in [2.24, 2.45) is 0 Å². The number of ether oxygens (including phenoxy) is 1. The highest BCUT2D eigenvalue weighted by atomic mass is 16.5. The number of benzene rings is 1. The SMILES string of the molecule is C=C(C)CCOc1ccc(CCC(C)NCC)cc1. The number of rotatable bonds is 9. The molecule has 19 heavy (non-hydrogen) atoms. The van der Waals surface area contributed by atoms with E-state index in [1.54, 1.807) is 0 Å². The van der Waals surface area contributed by atoms with E-state index in [9.17, 15) is 0 Å². The van der Waals surface area contributed by atoms with Gasteiger partial charge in [-0.25, -0.2) is 0 Å². The van der Waals surface area contributed by atoms with Crippen molar-refractivity contribution in [1.82, 2.24) is 5.32 Å². The molecule has 0 saturated heterocycles. The molecule has 0 spiro atoms. The van der Waals surface area contributed by atoms with Gasteiger partial charge in [-0.15, -0.1) is 6.58 Å². The Hall–Kier alpha value is -1.28. The number of aryl methyl sites for hydroxylation is 1. The van der Waals surface area contributed by atoms with Crippen molar-refractivity contribution in [3.05, 3.63) is 42.0 Å². The summed E-state index contributed by atoms with van der Waals surface area (Å²) in [5.74, 6) is 0.949. The molecule has 0 saturated carbocycles. The van der Waals surface area contributed by atoms with E-state index in [-0.39, 0.29) is 0 Å². The van der Waals surface area contributed by atoms with Crippen LogP contribution in [0.4, 0.5) is 0 Å². The first-order valence-corrected chi connectivity index (χ1v) is 7.21. The molecule has 0 aliphatic heterocycles. The van der Waals surface area contributed by atoms with Crippen LogP contribution in [-0.2, 0) is 6.42 Å². The van der Waals surface area contributed by atoms with E-state index in [4.69, 9.17) is 4.74 Å². The molecule has 0 bridgehead atoms. The Balaban J connectivity index is 2.32. The molecule has 0 fully saturated rings. The minimum atomic E-state index is 0.580. The number of hydrogen-bond acceptors (Lipinski definition) is 2. The molecule has 1 unspecified atom stereocenters. The topological polar surface area (TPSA) is 21.3 Å². The van der Waals surface area contributed by atoms with Crippen LogP contribution < -0.4 is 10.1 Å². The van der Waals surface area contributed by atoms with E-state index in [1.807, 2.05) is 6.92 Å². The Morgan fingerprint density at radius 1 is 1.32 bits per heavy atom. The Labute approximate surface area is 117 Å². The van der Waals surface area contributed by atoms with Gasteiger partial charge in [0.15, 0.2) is 0 Å². The summed E-state index contributed by atoms with van der Waals surface area (Å²) >= 11 is 0. The van der Waals surface area contributed by atoms with Gasteiger partial charge >= 0.3 is 0 Å². The predicted octanol–water partition coefficient (Wildman–Crippen LogP) is 3.96. The van der Waals surface area contributed by atoms with Gasteiger partial charge in [-0.3, -0.25) is 0 Å². The molecule has 1 N–H and O–H groups in total. The first-order chi connectivity index (χ1) is 9.11. The first-order valence-electron chi connectivity index (χ1n) is 7.21. The summed E-state index contributed by atoms with van der Waals surface area (Å²) in [6, 6.07) is 9.03. The lowest BCUT2D eigenvalue weighted by Gasteiger charge is -2.12. The van der Waals surface area contributed by atoms with E-state index >= 15 is 0 Å². The van der Waals surface area contributed by atoms with E-state index < -0.39 is 0 Å². The van der Waals surface area contributed by atoms with Crippen molar-refractivity contribution in [2.45, 2.75) is 46.1 Å². The molecule has 1 atom stereocenters. The van der Waals surface area contributed by atoms with Crippen molar-refractivity contribution in [3.8, 4) is 5.75 Å². The number of hydrogen-bond donors (Lipinski definition) is 1. The Kier molecular flexibility index (Phi) is 7.27. The van der Waals surface area contributed by atoms with Gasteiger partial charge in [0.05, 0.1) is 6.61 Å². The van der Waals surface area contributed by atoms with Crippen molar-refractivity contribution in [2.75, 3.05) is 13.2 Å². The van der Waals surface area contributed by atoms with E-state index in [0.717, 1.165) is 30.7 Å². The standard InChI is InChI=1S/C17H27NO/c1-5-18-15(4)6-7-16-8-10-17(11-9-16)19-13-12-14(2)3/h8-11,15,18H,2,5-7,12-13H2,1,3-4H3. The lowest BCUT2D eigenvalue weighted by Crippen LogP contribution is -2.25. The van der Waals surface area contributed by atoms with E-state index in [2.05, 4.69) is 50.0 Å². The van der Waals surface area contributed by atoms with Crippen molar-refractivity contribution in [1.29, 1.82) is 0 Å². The molecule has 0 amide bonds. The third kappa shape index (κ3) is 7.02. The lowest BCUT2D eigenvalue weighted by molar-refractivity contribution is 0.321. The zero-order valence-electron chi connectivity index (χ0n) is 12.5. The summed E-state index contributed by atoms with van der Waals surface area (Å²) in [5.41, 5.74) is 2.53. The van der Waals surface area contributed by atoms with Gasteiger partial charge in [0, 0.05) is 12.5 Å². The molecule has 2 heteroatoms. The fraction of sp³-hybridized carbons (Fsp3) is 0.529. The Morgan fingerprint density at radius 3 is 2.58 bits per heavy atom. The van der Waals surface area contributed by atoms with Crippen LogP contribution in [0.15, 0.2) is 36.4 Å². The maximum Gasteiger partial charge on any atom is 0.119 e. The molecule has 1 rings (SSSR count). The summed E-state index contributed by atoms with van der Waals surface area (Å²) in [7, 11) is 0. The molecular formula is C17H27NO. The smallest absolute Gasteiger partial charge is 0.119 e. The molecule has 0 aromatic heterocycles. The van der Waals surface area contributed by atoms with Crippen molar-refractivity contribution < 1.29 is 4.74 Å². The monoisotopic (exact) mass is 261 g/mol. The Morgan fingerprint density at radius 2 is 2.00 bits per heavy atom. The average Bonchev–Trinajstić information content (AvgIpc) is 2.38. The van der Waals surface area contributed by atoms with Gasteiger partial charge in [-0.05, 0) is 50.9 Å². The van der Waals surface area contributed by atoms with Crippen LogP contribution >= 0.6 is 0 Å². The quantitative estimate of drug-likeness (QED) is 0.679. The van der Waals surface area contributed by atoms with Gasteiger partial charge in [-0.1, -0.05) is 24.6 Å². The Bertz CT molecular complexity index is 369. The van der Waals surface area contributed by atoms with Gasteiger partial charge in [0.25, 0.3) is 0 Å². The molecule has 1 aromatic carbocycles. The van der Waals surface area contributed by atoms with Crippen LogP contribution in [0.5, 0.6) is 5.75 Å². The summed E-state index contributed by atoms with van der Waals surface area (Å²) in [4.78, 5) is 0. The van der Waals surface area contributed by atoms with Crippen LogP contribution in [0.3, 0.4) is 0 Å². The highest BCUT2D eigenvalue weighted by molar-refractivity contribution is 5.27. The van der Waals surface area contributed by atoms with Gasteiger partial charge < -0.3 is 10.1 Å². The fourth-order valence-electron chi connectivity index (χ4n) is 1.93. The van der Waals surface area contributed by atoms with Gasteiger partial charge in [0.1, 0.15) is 5.75 Å². The summed E-state index contributed by atoms with van der Waals surface area (Å²) in [6.45, 7) is 12.0. The fourth-order valence-corrected chi connectivity index (χ4v) is 1.93.